The van der Waals surface area contributed by atoms with Crippen molar-refractivity contribution in [3.05, 3.63) is 59.2 Å². The van der Waals surface area contributed by atoms with Crippen LogP contribution in [-0.4, -0.2) is 7.11 Å². The Morgan fingerprint density at radius 3 is 2.80 bits per heavy atom. The molecule has 0 spiro atoms. The predicted octanol–water partition coefficient (Wildman–Crippen LogP) is 4.49. The van der Waals surface area contributed by atoms with Crippen molar-refractivity contribution in [1.29, 1.82) is 0 Å². The number of ether oxygens (including phenoxy) is 1. The molecular formula is C18H21NO. The van der Waals surface area contributed by atoms with Crippen LogP contribution in [0, 0.1) is 6.92 Å². The summed E-state index contributed by atoms with van der Waals surface area (Å²) in [4.78, 5) is 0. The molecule has 104 valence electrons. The third kappa shape index (κ3) is 2.51. The maximum absolute atomic E-state index is 5.33. The van der Waals surface area contributed by atoms with E-state index in [4.69, 9.17) is 4.74 Å². The van der Waals surface area contributed by atoms with Gasteiger partial charge in [0.1, 0.15) is 5.75 Å². The zero-order valence-corrected chi connectivity index (χ0v) is 12.1. The molecule has 0 heterocycles. The minimum absolute atomic E-state index is 0.408. The van der Waals surface area contributed by atoms with Crippen LogP contribution in [0.1, 0.15) is 35.6 Å². The highest BCUT2D eigenvalue weighted by molar-refractivity contribution is 5.53. The molecule has 3 rings (SSSR count). The van der Waals surface area contributed by atoms with E-state index in [-0.39, 0.29) is 0 Å². The number of hydrogen-bond acceptors (Lipinski definition) is 2. The Bertz CT molecular complexity index is 606. The first kappa shape index (κ1) is 13.0. The average Bonchev–Trinajstić information content (AvgIpc) is 2.49. The molecule has 0 fully saturated rings. The van der Waals surface area contributed by atoms with Gasteiger partial charge in [-0.3, -0.25) is 0 Å². The standard InChI is InChI=1S/C18H21NO/c1-13-6-3-4-8-17(13)19-18-9-5-7-14-12-15(20-2)10-11-16(14)18/h3-4,6,8,10-12,18-19H,5,7,9H2,1-2H3. The van der Waals surface area contributed by atoms with Crippen molar-refractivity contribution in [2.45, 2.75) is 32.2 Å². The molecular weight excluding hydrogens is 246 g/mol. The van der Waals surface area contributed by atoms with Gasteiger partial charge in [0, 0.05) is 5.69 Å². The molecule has 1 N–H and O–H groups in total. The number of methoxy groups -OCH3 is 1. The molecule has 20 heavy (non-hydrogen) atoms. The Kier molecular flexibility index (Phi) is 3.64. The Hall–Kier alpha value is -1.96. The van der Waals surface area contributed by atoms with E-state index in [9.17, 15) is 0 Å². The highest BCUT2D eigenvalue weighted by Gasteiger charge is 2.20. The van der Waals surface area contributed by atoms with Gasteiger partial charge in [-0.1, -0.05) is 24.3 Å². The van der Waals surface area contributed by atoms with Crippen LogP contribution in [0.15, 0.2) is 42.5 Å². The SMILES string of the molecule is COc1ccc2c(c1)CCCC2Nc1ccccc1C. The van der Waals surface area contributed by atoms with E-state index in [2.05, 4.69) is 54.7 Å². The lowest BCUT2D eigenvalue weighted by Crippen LogP contribution is -2.17. The number of fused-ring (bicyclic) bond motifs is 1. The van der Waals surface area contributed by atoms with Crippen molar-refractivity contribution in [2.75, 3.05) is 12.4 Å². The van der Waals surface area contributed by atoms with E-state index in [0.717, 1.165) is 12.2 Å². The number of benzene rings is 2. The first-order chi connectivity index (χ1) is 9.78. The summed E-state index contributed by atoms with van der Waals surface area (Å²) >= 11 is 0. The van der Waals surface area contributed by atoms with Crippen molar-refractivity contribution < 1.29 is 4.74 Å². The molecule has 1 unspecified atom stereocenters. The summed E-state index contributed by atoms with van der Waals surface area (Å²) < 4.78 is 5.33. The van der Waals surface area contributed by atoms with Crippen LogP contribution in [0.5, 0.6) is 5.75 Å². The molecule has 2 nitrogen and oxygen atoms in total. The molecule has 1 aliphatic rings. The van der Waals surface area contributed by atoms with Crippen molar-refractivity contribution >= 4 is 5.69 Å². The van der Waals surface area contributed by atoms with Gasteiger partial charge < -0.3 is 10.1 Å². The Morgan fingerprint density at radius 1 is 1.15 bits per heavy atom. The number of hydrogen-bond donors (Lipinski definition) is 1. The molecule has 1 atom stereocenters. The minimum atomic E-state index is 0.408. The summed E-state index contributed by atoms with van der Waals surface area (Å²) in [6.45, 7) is 2.15. The summed E-state index contributed by atoms with van der Waals surface area (Å²) in [7, 11) is 1.73. The first-order valence-electron chi connectivity index (χ1n) is 7.27. The molecule has 0 radical (unpaired) electrons. The Morgan fingerprint density at radius 2 is 2.00 bits per heavy atom. The van der Waals surface area contributed by atoms with Crippen LogP contribution in [-0.2, 0) is 6.42 Å². The van der Waals surface area contributed by atoms with E-state index >= 15 is 0 Å². The summed E-state index contributed by atoms with van der Waals surface area (Å²) in [6, 6.07) is 15.4. The monoisotopic (exact) mass is 267 g/mol. The zero-order valence-electron chi connectivity index (χ0n) is 12.1. The van der Waals surface area contributed by atoms with Crippen LogP contribution >= 0.6 is 0 Å². The minimum Gasteiger partial charge on any atom is -0.497 e. The fourth-order valence-corrected chi connectivity index (χ4v) is 2.99. The zero-order chi connectivity index (χ0) is 13.9. The van der Waals surface area contributed by atoms with Crippen molar-refractivity contribution in [1.82, 2.24) is 0 Å². The number of aryl methyl sites for hydroxylation is 2. The maximum Gasteiger partial charge on any atom is 0.119 e. The van der Waals surface area contributed by atoms with Gasteiger partial charge in [0.05, 0.1) is 13.2 Å². The van der Waals surface area contributed by atoms with Gasteiger partial charge in [-0.2, -0.15) is 0 Å². The molecule has 2 aromatic rings. The van der Waals surface area contributed by atoms with Gasteiger partial charge in [-0.05, 0) is 61.1 Å². The fraction of sp³-hybridized carbons (Fsp3) is 0.333. The molecule has 0 aromatic heterocycles. The molecule has 0 bridgehead atoms. The largest absolute Gasteiger partial charge is 0.497 e. The predicted molar refractivity (Wildman–Crippen MR) is 83.5 cm³/mol. The molecule has 0 saturated carbocycles. The Balaban J connectivity index is 1.88. The number of para-hydroxylation sites is 1. The number of anilines is 1. The van der Waals surface area contributed by atoms with Crippen LogP contribution < -0.4 is 10.1 Å². The third-order valence-electron chi connectivity index (χ3n) is 4.14. The first-order valence-corrected chi connectivity index (χ1v) is 7.27. The smallest absolute Gasteiger partial charge is 0.119 e. The lowest BCUT2D eigenvalue weighted by molar-refractivity contribution is 0.413. The number of rotatable bonds is 3. The van der Waals surface area contributed by atoms with E-state index < -0.39 is 0 Å². The van der Waals surface area contributed by atoms with Crippen LogP contribution in [0.2, 0.25) is 0 Å². The lowest BCUT2D eigenvalue weighted by atomic mass is 9.87. The summed E-state index contributed by atoms with van der Waals surface area (Å²) in [6.07, 6.45) is 3.57. The molecule has 0 amide bonds. The van der Waals surface area contributed by atoms with E-state index in [1.54, 1.807) is 7.11 Å². The second kappa shape index (κ2) is 5.58. The van der Waals surface area contributed by atoms with Crippen LogP contribution in [0.4, 0.5) is 5.69 Å². The van der Waals surface area contributed by atoms with E-state index in [1.165, 1.54) is 35.2 Å². The normalized spacial score (nSPS) is 17.4. The van der Waals surface area contributed by atoms with Gasteiger partial charge >= 0.3 is 0 Å². The van der Waals surface area contributed by atoms with Gasteiger partial charge in [0.2, 0.25) is 0 Å². The molecule has 2 heteroatoms. The van der Waals surface area contributed by atoms with E-state index in [0.29, 0.717) is 6.04 Å². The van der Waals surface area contributed by atoms with Crippen molar-refractivity contribution in [3.63, 3.8) is 0 Å². The number of nitrogens with one attached hydrogen (secondary N) is 1. The molecule has 2 aromatic carbocycles. The van der Waals surface area contributed by atoms with Gasteiger partial charge in [0.25, 0.3) is 0 Å². The van der Waals surface area contributed by atoms with Gasteiger partial charge in [-0.25, -0.2) is 0 Å². The summed E-state index contributed by atoms with van der Waals surface area (Å²) in [5.41, 5.74) is 5.37. The van der Waals surface area contributed by atoms with Gasteiger partial charge in [0.15, 0.2) is 0 Å². The fourth-order valence-electron chi connectivity index (χ4n) is 2.99. The maximum atomic E-state index is 5.33. The highest BCUT2D eigenvalue weighted by Crippen LogP contribution is 2.34. The van der Waals surface area contributed by atoms with Crippen LogP contribution in [0.3, 0.4) is 0 Å². The van der Waals surface area contributed by atoms with Gasteiger partial charge in [-0.15, -0.1) is 0 Å². The second-order valence-corrected chi connectivity index (χ2v) is 5.47. The molecule has 0 aliphatic heterocycles. The third-order valence-corrected chi connectivity index (χ3v) is 4.14. The summed E-state index contributed by atoms with van der Waals surface area (Å²) in [5.74, 6) is 0.959. The van der Waals surface area contributed by atoms with Crippen molar-refractivity contribution in [2.24, 2.45) is 0 Å². The average molecular weight is 267 g/mol. The Labute approximate surface area is 120 Å². The van der Waals surface area contributed by atoms with Crippen LogP contribution in [0.25, 0.3) is 0 Å². The lowest BCUT2D eigenvalue weighted by Gasteiger charge is -2.28. The topological polar surface area (TPSA) is 21.3 Å². The molecule has 0 saturated heterocycles. The van der Waals surface area contributed by atoms with Crippen molar-refractivity contribution in [3.8, 4) is 5.75 Å². The highest BCUT2D eigenvalue weighted by atomic mass is 16.5. The molecule has 1 aliphatic carbocycles. The second-order valence-electron chi connectivity index (χ2n) is 5.47. The quantitative estimate of drug-likeness (QED) is 0.884. The summed E-state index contributed by atoms with van der Waals surface area (Å²) in [5, 5.41) is 3.70. The van der Waals surface area contributed by atoms with E-state index in [1.807, 2.05) is 0 Å².